The Morgan fingerprint density at radius 2 is 1.85 bits per heavy atom. The number of nitrogens with zero attached hydrogens (tertiary/aromatic N) is 4. The summed E-state index contributed by atoms with van der Waals surface area (Å²) in [5.41, 5.74) is 2.27. The first-order valence-electron chi connectivity index (χ1n) is 6.88. The third kappa shape index (κ3) is 3.04. The average molecular weight is 273 g/mol. The van der Waals surface area contributed by atoms with Gasteiger partial charge in [0.15, 0.2) is 5.82 Å². The maximum Gasteiger partial charge on any atom is 0.156 e. The highest BCUT2D eigenvalue weighted by atomic mass is 15.4. The molecule has 0 bridgehead atoms. The molecule has 2 aromatic rings. The molecule has 0 spiro atoms. The second-order valence-corrected chi connectivity index (χ2v) is 6.12. The fourth-order valence-corrected chi connectivity index (χ4v) is 2.11. The van der Waals surface area contributed by atoms with Crippen LogP contribution < -0.4 is 5.32 Å². The summed E-state index contributed by atoms with van der Waals surface area (Å²) in [6, 6.07) is 4.21. The number of aryl methyl sites for hydroxylation is 2. The lowest BCUT2D eigenvalue weighted by molar-refractivity contribution is 0.563. The molecule has 2 heterocycles. The summed E-state index contributed by atoms with van der Waals surface area (Å²) >= 11 is 0. The number of nitrogens with one attached hydrogen (secondary N) is 1. The molecule has 0 amide bonds. The van der Waals surface area contributed by atoms with Crippen molar-refractivity contribution in [3.63, 3.8) is 0 Å². The van der Waals surface area contributed by atoms with Gasteiger partial charge in [-0.3, -0.25) is 0 Å². The van der Waals surface area contributed by atoms with Crippen molar-refractivity contribution in [3.8, 4) is 5.82 Å². The van der Waals surface area contributed by atoms with Crippen molar-refractivity contribution in [3.05, 3.63) is 35.0 Å². The number of pyridine rings is 1. The molecule has 0 aliphatic heterocycles. The normalized spacial score (nSPS) is 11.9. The van der Waals surface area contributed by atoms with Crippen LogP contribution in [0.4, 0.5) is 0 Å². The molecule has 0 aliphatic rings. The van der Waals surface area contributed by atoms with Crippen molar-refractivity contribution >= 4 is 0 Å². The molecule has 5 heteroatoms. The van der Waals surface area contributed by atoms with Crippen LogP contribution in [0.1, 0.15) is 43.7 Å². The van der Waals surface area contributed by atoms with Crippen LogP contribution in [-0.2, 0) is 12.0 Å². The summed E-state index contributed by atoms with van der Waals surface area (Å²) in [7, 11) is 1.95. The van der Waals surface area contributed by atoms with Crippen LogP contribution in [0.25, 0.3) is 5.82 Å². The van der Waals surface area contributed by atoms with Gasteiger partial charge < -0.3 is 5.32 Å². The second-order valence-electron chi connectivity index (χ2n) is 6.12. The zero-order chi connectivity index (χ0) is 14.9. The Labute approximate surface area is 120 Å². The van der Waals surface area contributed by atoms with Crippen LogP contribution >= 0.6 is 0 Å². The monoisotopic (exact) mass is 273 g/mol. The van der Waals surface area contributed by atoms with Gasteiger partial charge in [0.25, 0.3) is 0 Å². The third-order valence-corrected chi connectivity index (χ3v) is 3.11. The minimum atomic E-state index is 0.00202. The smallest absolute Gasteiger partial charge is 0.156 e. The molecule has 0 radical (unpaired) electrons. The van der Waals surface area contributed by atoms with E-state index in [2.05, 4.69) is 48.3 Å². The zero-order valence-electron chi connectivity index (χ0n) is 13.2. The fourth-order valence-electron chi connectivity index (χ4n) is 2.11. The van der Waals surface area contributed by atoms with E-state index >= 15 is 0 Å². The van der Waals surface area contributed by atoms with Gasteiger partial charge in [-0.05, 0) is 38.6 Å². The van der Waals surface area contributed by atoms with Gasteiger partial charge in [-0.25, -0.2) is 9.97 Å². The minimum absolute atomic E-state index is 0.00202. The molecule has 0 aromatic carbocycles. The molecule has 108 valence electrons. The Balaban J connectivity index is 2.57. The van der Waals surface area contributed by atoms with Gasteiger partial charge in [0.2, 0.25) is 0 Å². The van der Waals surface area contributed by atoms with E-state index in [1.807, 2.05) is 25.6 Å². The number of hydrogen-bond acceptors (Lipinski definition) is 4. The van der Waals surface area contributed by atoms with Gasteiger partial charge in [-0.15, -0.1) is 5.10 Å². The lowest BCUT2D eigenvalue weighted by Crippen LogP contribution is -2.17. The van der Waals surface area contributed by atoms with Crippen molar-refractivity contribution < 1.29 is 0 Å². The molecule has 0 aliphatic carbocycles. The maximum atomic E-state index is 4.76. The molecule has 2 rings (SSSR count). The van der Waals surface area contributed by atoms with Crippen LogP contribution in [0.2, 0.25) is 0 Å². The first-order valence-corrected chi connectivity index (χ1v) is 6.88. The quantitative estimate of drug-likeness (QED) is 0.932. The summed E-state index contributed by atoms with van der Waals surface area (Å²) < 4.78 is 1.81. The van der Waals surface area contributed by atoms with Gasteiger partial charge in [-0.2, -0.15) is 4.68 Å². The lowest BCUT2D eigenvalue weighted by Gasteiger charge is -2.20. The van der Waals surface area contributed by atoms with E-state index in [4.69, 9.17) is 4.98 Å². The van der Waals surface area contributed by atoms with Crippen molar-refractivity contribution in [1.82, 2.24) is 25.1 Å². The van der Waals surface area contributed by atoms with E-state index in [0.717, 1.165) is 29.7 Å². The zero-order valence-corrected chi connectivity index (χ0v) is 13.2. The predicted octanol–water partition coefficient (Wildman–Crippen LogP) is 2.30. The molecule has 1 N–H and O–H groups in total. The van der Waals surface area contributed by atoms with E-state index in [1.165, 1.54) is 5.56 Å². The molecule has 2 aromatic heterocycles. The second kappa shape index (κ2) is 5.32. The molecule has 0 saturated heterocycles. The molecule has 5 nitrogen and oxygen atoms in total. The molecule has 0 fully saturated rings. The van der Waals surface area contributed by atoms with Crippen LogP contribution in [0.15, 0.2) is 12.1 Å². The van der Waals surface area contributed by atoms with Gasteiger partial charge in [-0.1, -0.05) is 20.8 Å². The Morgan fingerprint density at radius 1 is 1.15 bits per heavy atom. The first-order chi connectivity index (χ1) is 9.31. The highest BCUT2D eigenvalue weighted by Crippen LogP contribution is 2.23. The van der Waals surface area contributed by atoms with E-state index in [-0.39, 0.29) is 5.41 Å². The van der Waals surface area contributed by atoms with Crippen molar-refractivity contribution in [1.29, 1.82) is 0 Å². The Morgan fingerprint density at radius 3 is 2.35 bits per heavy atom. The molecule has 0 unspecified atom stereocenters. The minimum Gasteiger partial charge on any atom is -0.316 e. The number of rotatable bonds is 3. The maximum absolute atomic E-state index is 4.76. The Hall–Kier alpha value is -1.75. The summed E-state index contributed by atoms with van der Waals surface area (Å²) in [6.07, 6.45) is 0. The SMILES string of the molecule is CNCc1cc(-n2nc(C)nc2C)nc(C(C)(C)C)c1. The Bertz CT molecular complexity index is 607. The van der Waals surface area contributed by atoms with Crippen LogP contribution in [-0.4, -0.2) is 26.8 Å². The standard InChI is InChI=1S/C15H23N5/c1-10-17-11(2)20(19-10)14-8-12(9-16-6)7-13(18-14)15(3,4)5/h7-8,16H,9H2,1-6H3. The topological polar surface area (TPSA) is 55.6 Å². The average Bonchev–Trinajstić information content (AvgIpc) is 2.67. The fraction of sp³-hybridized carbons (Fsp3) is 0.533. The third-order valence-electron chi connectivity index (χ3n) is 3.11. The van der Waals surface area contributed by atoms with E-state index in [1.54, 1.807) is 0 Å². The highest BCUT2D eigenvalue weighted by molar-refractivity contribution is 5.33. The van der Waals surface area contributed by atoms with E-state index in [0.29, 0.717) is 0 Å². The predicted molar refractivity (Wildman–Crippen MR) is 80.1 cm³/mol. The Kier molecular flexibility index (Phi) is 3.90. The van der Waals surface area contributed by atoms with Crippen LogP contribution in [0.5, 0.6) is 0 Å². The van der Waals surface area contributed by atoms with Gasteiger partial charge >= 0.3 is 0 Å². The van der Waals surface area contributed by atoms with Crippen molar-refractivity contribution in [2.75, 3.05) is 7.05 Å². The largest absolute Gasteiger partial charge is 0.316 e. The molecule has 0 saturated carbocycles. The van der Waals surface area contributed by atoms with E-state index < -0.39 is 0 Å². The van der Waals surface area contributed by atoms with E-state index in [9.17, 15) is 0 Å². The summed E-state index contributed by atoms with van der Waals surface area (Å²) in [5, 5.41) is 7.62. The molecular formula is C15H23N5. The van der Waals surface area contributed by atoms with Crippen LogP contribution in [0.3, 0.4) is 0 Å². The number of aromatic nitrogens is 4. The van der Waals surface area contributed by atoms with Crippen molar-refractivity contribution in [2.24, 2.45) is 0 Å². The highest BCUT2D eigenvalue weighted by Gasteiger charge is 2.18. The summed E-state index contributed by atoms with van der Waals surface area (Å²) in [5.74, 6) is 2.46. The lowest BCUT2D eigenvalue weighted by atomic mass is 9.90. The summed E-state index contributed by atoms with van der Waals surface area (Å²) in [6.45, 7) is 11.2. The van der Waals surface area contributed by atoms with Gasteiger partial charge in [0.1, 0.15) is 11.6 Å². The van der Waals surface area contributed by atoms with Gasteiger partial charge in [0, 0.05) is 17.7 Å². The number of hydrogen-bond donors (Lipinski definition) is 1. The molecular weight excluding hydrogens is 250 g/mol. The van der Waals surface area contributed by atoms with Gasteiger partial charge in [0.05, 0.1) is 0 Å². The first kappa shape index (κ1) is 14.7. The molecule has 20 heavy (non-hydrogen) atoms. The van der Waals surface area contributed by atoms with Crippen LogP contribution in [0, 0.1) is 13.8 Å². The van der Waals surface area contributed by atoms with Crippen molar-refractivity contribution in [2.45, 2.75) is 46.6 Å². The summed E-state index contributed by atoms with van der Waals surface area (Å²) in [4.78, 5) is 9.12. The molecule has 0 atom stereocenters.